The van der Waals surface area contributed by atoms with Crippen LogP contribution in [0, 0.1) is 0 Å². The van der Waals surface area contributed by atoms with E-state index in [1.807, 2.05) is 30.3 Å². The normalized spacial score (nSPS) is 10.9. The fourth-order valence-electron chi connectivity index (χ4n) is 1.55. The molecule has 0 heterocycles. The molecule has 0 fully saturated rings. The highest BCUT2D eigenvalue weighted by Crippen LogP contribution is 2.21. The highest BCUT2D eigenvalue weighted by molar-refractivity contribution is 9.11. The molecule has 0 radical (unpaired) electrons. The number of halogens is 3. The van der Waals surface area contributed by atoms with E-state index < -0.39 is 0 Å². The molecule has 96 valence electrons. The first kappa shape index (κ1) is 14.7. The Bertz CT molecular complexity index is 610. The van der Waals surface area contributed by atoms with Gasteiger partial charge in [-0.3, -0.25) is 4.79 Å². The first-order valence-corrected chi connectivity index (χ1v) is 7.86. The summed E-state index contributed by atoms with van der Waals surface area (Å²) < 4.78 is 2.90. The summed E-state index contributed by atoms with van der Waals surface area (Å²) in [5.74, 6) is -0.0106. The second-order valence-electron chi connectivity index (χ2n) is 3.91. The van der Waals surface area contributed by atoms with Gasteiger partial charge in [-0.1, -0.05) is 53.9 Å². The van der Waals surface area contributed by atoms with Crippen LogP contribution in [0.4, 0.5) is 0 Å². The van der Waals surface area contributed by atoms with Crippen molar-refractivity contribution in [3.8, 4) is 0 Å². The van der Waals surface area contributed by atoms with Crippen molar-refractivity contribution in [1.82, 2.24) is 0 Å². The van der Waals surface area contributed by atoms with Crippen molar-refractivity contribution in [3.05, 3.63) is 73.1 Å². The van der Waals surface area contributed by atoms with Gasteiger partial charge in [0.15, 0.2) is 5.78 Å². The maximum atomic E-state index is 12.0. The molecule has 0 atom stereocenters. The fourth-order valence-corrected chi connectivity index (χ4v) is 3.15. The molecule has 0 aromatic heterocycles. The zero-order chi connectivity index (χ0) is 13.8. The summed E-state index contributed by atoms with van der Waals surface area (Å²) in [5, 5.41) is 0. The third-order valence-electron chi connectivity index (χ3n) is 2.44. The van der Waals surface area contributed by atoms with Crippen LogP contribution in [0.2, 0.25) is 0 Å². The molecule has 0 bridgehead atoms. The van der Waals surface area contributed by atoms with Crippen molar-refractivity contribution in [1.29, 1.82) is 0 Å². The Morgan fingerprint density at radius 1 is 0.842 bits per heavy atom. The van der Waals surface area contributed by atoms with Crippen molar-refractivity contribution in [2.45, 2.75) is 0 Å². The molecule has 0 aliphatic carbocycles. The van der Waals surface area contributed by atoms with Gasteiger partial charge in [-0.25, -0.2) is 0 Å². The first-order valence-electron chi connectivity index (χ1n) is 5.49. The van der Waals surface area contributed by atoms with Crippen molar-refractivity contribution >= 4 is 59.6 Å². The van der Waals surface area contributed by atoms with E-state index in [4.69, 9.17) is 0 Å². The van der Waals surface area contributed by atoms with Crippen LogP contribution in [0.25, 0.3) is 6.08 Å². The van der Waals surface area contributed by atoms with Gasteiger partial charge in [0, 0.05) is 19.0 Å². The van der Waals surface area contributed by atoms with Crippen molar-refractivity contribution < 1.29 is 4.79 Å². The standard InChI is InChI=1S/C15H9Br3O/c16-12-4-2-11(3-5-12)15(19)6-1-10-7-13(17)9-14(18)8-10/h1-9H/b6-1+. The van der Waals surface area contributed by atoms with Gasteiger partial charge in [-0.2, -0.15) is 0 Å². The monoisotopic (exact) mass is 442 g/mol. The minimum absolute atomic E-state index is 0.0106. The maximum Gasteiger partial charge on any atom is 0.185 e. The Hall–Kier alpha value is -0.710. The van der Waals surface area contributed by atoms with E-state index in [1.165, 1.54) is 0 Å². The molecule has 0 saturated carbocycles. The van der Waals surface area contributed by atoms with Gasteiger partial charge < -0.3 is 0 Å². The summed E-state index contributed by atoms with van der Waals surface area (Å²) in [7, 11) is 0. The molecule has 1 nitrogen and oxygen atoms in total. The average molecular weight is 445 g/mol. The third kappa shape index (κ3) is 4.41. The van der Waals surface area contributed by atoms with Gasteiger partial charge in [0.2, 0.25) is 0 Å². The first-order chi connectivity index (χ1) is 9.04. The van der Waals surface area contributed by atoms with Crippen LogP contribution >= 0.6 is 47.8 Å². The molecule has 2 aromatic rings. The summed E-state index contributed by atoms with van der Waals surface area (Å²) in [4.78, 5) is 12.0. The lowest BCUT2D eigenvalue weighted by molar-refractivity contribution is 0.104. The second-order valence-corrected chi connectivity index (χ2v) is 6.65. The fraction of sp³-hybridized carbons (Fsp3) is 0. The molecule has 0 aliphatic rings. The number of hydrogen-bond donors (Lipinski definition) is 0. The van der Waals surface area contributed by atoms with E-state index in [0.717, 1.165) is 19.0 Å². The minimum atomic E-state index is -0.0106. The number of allylic oxidation sites excluding steroid dienone is 1. The van der Waals surface area contributed by atoms with E-state index in [1.54, 1.807) is 24.3 Å². The minimum Gasteiger partial charge on any atom is -0.289 e. The molecule has 0 saturated heterocycles. The lowest BCUT2D eigenvalue weighted by Gasteiger charge is -1.98. The summed E-state index contributed by atoms with van der Waals surface area (Å²) >= 11 is 10.2. The van der Waals surface area contributed by atoms with Crippen molar-refractivity contribution in [3.63, 3.8) is 0 Å². The smallest absolute Gasteiger partial charge is 0.185 e. The van der Waals surface area contributed by atoms with Gasteiger partial charge in [0.25, 0.3) is 0 Å². The predicted molar refractivity (Wildman–Crippen MR) is 89.3 cm³/mol. The van der Waals surface area contributed by atoms with Crippen LogP contribution in [0.5, 0.6) is 0 Å². The predicted octanol–water partition coefficient (Wildman–Crippen LogP) is 5.87. The second kappa shape index (κ2) is 6.64. The molecular weight excluding hydrogens is 436 g/mol. The molecule has 0 aliphatic heterocycles. The number of benzene rings is 2. The lowest BCUT2D eigenvalue weighted by atomic mass is 10.1. The van der Waals surface area contributed by atoms with Gasteiger partial charge in [0.1, 0.15) is 0 Å². The summed E-state index contributed by atoms with van der Waals surface area (Å²) in [6.07, 6.45) is 3.39. The number of rotatable bonds is 3. The molecule has 2 rings (SSSR count). The van der Waals surface area contributed by atoms with E-state index in [0.29, 0.717) is 5.56 Å². The molecular formula is C15H9Br3O. The van der Waals surface area contributed by atoms with Crippen LogP contribution < -0.4 is 0 Å². The third-order valence-corrected chi connectivity index (χ3v) is 3.89. The van der Waals surface area contributed by atoms with Crippen LogP contribution in [-0.4, -0.2) is 5.78 Å². The van der Waals surface area contributed by atoms with Gasteiger partial charge in [-0.15, -0.1) is 0 Å². The highest BCUT2D eigenvalue weighted by atomic mass is 79.9. The molecule has 0 unspecified atom stereocenters. The Morgan fingerprint density at radius 2 is 1.42 bits per heavy atom. The zero-order valence-corrected chi connectivity index (χ0v) is 14.5. The summed E-state index contributed by atoms with van der Waals surface area (Å²) in [5.41, 5.74) is 1.64. The van der Waals surface area contributed by atoms with Crippen LogP contribution in [0.3, 0.4) is 0 Å². The van der Waals surface area contributed by atoms with Gasteiger partial charge in [-0.05, 0) is 54.1 Å². The molecule has 4 heteroatoms. The summed E-state index contributed by atoms with van der Waals surface area (Å²) in [6.45, 7) is 0. The molecule has 0 spiro atoms. The van der Waals surface area contributed by atoms with E-state index in [-0.39, 0.29) is 5.78 Å². The molecule has 0 N–H and O–H groups in total. The summed E-state index contributed by atoms with van der Waals surface area (Å²) in [6, 6.07) is 13.2. The largest absolute Gasteiger partial charge is 0.289 e. The van der Waals surface area contributed by atoms with Gasteiger partial charge in [0.05, 0.1) is 0 Å². The molecule has 2 aromatic carbocycles. The number of ketones is 1. The van der Waals surface area contributed by atoms with E-state index >= 15 is 0 Å². The van der Waals surface area contributed by atoms with E-state index in [2.05, 4.69) is 47.8 Å². The van der Waals surface area contributed by atoms with E-state index in [9.17, 15) is 4.79 Å². The Kier molecular flexibility index (Phi) is 5.13. The topological polar surface area (TPSA) is 17.1 Å². The average Bonchev–Trinajstić information content (AvgIpc) is 2.36. The number of carbonyl (C=O) groups excluding carboxylic acids is 1. The molecule has 19 heavy (non-hydrogen) atoms. The van der Waals surface area contributed by atoms with Crippen LogP contribution in [0.15, 0.2) is 62.0 Å². The zero-order valence-electron chi connectivity index (χ0n) is 9.74. The van der Waals surface area contributed by atoms with Crippen LogP contribution in [-0.2, 0) is 0 Å². The number of carbonyl (C=O) groups is 1. The quantitative estimate of drug-likeness (QED) is 0.427. The Morgan fingerprint density at radius 3 is 2.00 bits per heavy atom. The van der Waals surface area contributed by atoms with Crippen LogP contribution in [0.1, 0.15) is 15.9 Å². The maximum absolute atomic E-state index is 12.0. The Labute approximate surface area is 137 Å². The van der Waals surface area contributed by atoms with Crippen molar-refractivity contribution in [2.24, 2.45) is 0 Å². The van der Waals surface area contributed by atoms with Crippen molar-refractivity contribution in [2.75, 3.05) is 0 Å². The lowest BCUT2D eigenvalue weighted by Crippen LogP contribution is -1.93. The molecule has 0 amide bonds. The van der Waals surface area contributed by atoms with Gasteiger partial charge >= 0.3 is 0 Å². The number of hydrogen-bond acceptors (Lipinski definition) is 1. The SMILES string of the molecule is O=C(/C=C/c1cc(Br)cc(Br)c1)c1ccc(Br)cc1. The Balaban J connectivity index is 2.18. The highest BCUT2D eigenvalue weighted by Gasteiger charge is 2.01.